The van der Waals surface area contributed by atoms with E-state index in [-0.39, 0.29) is 11.9 Å². The average molecular weight is 365 g/mol. The van der Waals surface area contributed by atoms with Crippen LogP contribution in [0.1, 0.15) is 49.1 Å². The highest BCUT2D eigenvalue weighted by Gasteiger charge is 2.25. The number of aryl methyl sites for hydroxylation is 1. The van der Waals surface area contributed by atoms with Crippen molar-refractivity contribution in [3.05, 3.63) is 48.9 Å². The third-order valence-electron chi connectivity index (χ3n) is 5.13. The van der Waals surface area contributed by atoms with Crippen LogP contribution in [0.3, 0.4) is 0 Å². The van der Waals surface area contributed by atoms with Crippen molar-refractivity contribution >= 4 is 5.91 Å². The fourth-order valence-corrected chi connectivity index (χ4v) is 3.65. The Labute approximate surface area is 157 Å². The summed E-state index contributed by atoms with van der Waals surface area (Å²) in [6.07, 6.45) is 12.7. The van der Waals surface area contributed by atoms with Crippen LogP contribution >= 0.6 is 0 Å². The Morgan fingerprint density at radius 1 is 1.19 bits per heavy atom. The lowest BCUT2D eigenvalue weighted by Crippen LogP contribution is -2.38. The smallest absolute Gasteiger partial charge is 0.269 e. The Kier molecular flexibility index (Phi) is 4.95. The Hall–Kier alpha value is -3.03. The molecule has 0 aliphatic heterocycles. The first kappa shape index (κ1) is 17.4. The van der Waals surface area contributed by atoms with E-state index in [4.69, 9.17) is 0 Å². The highest BCUT2D eigenvalue weighted by atomic mass is 16.2. The van der Waals surface area contributed by atoms with Crippen LogP contribution in [0.4, 0.5) is 0 Å². The molecule has 1 fully saturated rings. The molecule has 1 aliphatic rings. The number of aromatic nitrogens is 6. The van der Waals surface area contributed by atoms with Crippen LogP contribution < -0.4 is 5.32 Å². The van der Waals surface area contributed by atoms with Gasteiger partial charge in [0.1, 0.15) is 12.0 Å². The van der Waals surface area contributed by atoms with E-state index in [2.05, 4.69) is 25.5 Å². The first-order chi connectivity index (χ1) is 13.2. The van der Waals surface area contributed by atoms with Gasteiger partial charge in [0, 0.05) is 36.7 Å². The van der Waals surface area contributed by atoms with E-state index < -0.39 is 0 Å². The lowest BCUT2D eigenvalue weighted by Gasteiger charge is -2.29. The molecule has 4 rings (SSSR count). The molecule has 0 atom stereocenters. The van der Waals surface area contributed by atoms with E-state index in [0.29, 0.717) is 18.3 Å². The molecule has 1 amide bonds. The van der Waals surface area contributed by atoms with Gasteiger partial charge in [-0.2, -0.15) is 10.2 Å². The summed E-state index contributed by atoms with van der Waals surface area (Å²) < 4.78 is 3.75. The molecule has 140 valence electrons. The molecule has 1 aliphatic carbocycles. The largest absolute Gasteiger partial charge is 0.348 e. The lowest BCUT2D eigenvalue weighted by molar-refractivity contribution is 0.0911. The van der Waals surface area contributed by atoms with Crippen molar-refractivity contribution in [2.75, 3.05) is 0 Å². The molecule has 0 bridgehead atoms. The standard InChI is InChI=1S/C19H23N7O/c1-2-25-18(8-10-22-25)19(27)24-15-3-5-16(6-4-15)26-12-14(11-23-26)17-7-9-20-13-21-17/h7-13,15-16H,2-6H2,1H3,(H,24,27). The first-order valence-electron chi connectivity index (χ1n) is 9.38. The molecule has 27 heavy (non-hydrogen) atoms. The molecule has 0 saturated heterocycles. The molecule has 8 heteroatoms. The van der Waals surface area contributed by atoms with E-state index in [0.717, 1.165) is 36.9 Å². The topological polar surface area (TPSA) is 90.5 Å². The number of rotatable bonds is 5. The minimum Gasteiger partial charge on any atom is -0.348 e. The van der Waals surface area contributed by atoms with Crippen molar-refractivity contribution in [3.8, 4) is 11.3 Å². The van der Waals surface area contributed by atoms with E-state index in [9.17, 15) is 4.79 Å². The van der Waals surface area contributed by atoms with E-state index >= 15 is 0 Å². The fraction of sp³-hybridized carbons (Fsp3) is 0.421. The Bertz CT molecular complexity index is 894. The molecular formula is C19H23N7O. The Balaban J connectivity index is 1.34. The second-order valence-electron chi connectivity index (χ2n) is 6.81. The number of amides is 1. The van der Waals surface area contributed by atoms with Crippen molar-refractivity contribution < 1.29 is 4.79 Å². The second kappa shape index (κ2) is 7.69. The zero-order valence-electron chi connectivity index (χ0n) is 15.3. The molecule has 3 aromatic rings. The van der Waals surface area contributed by atoms with Crippen LogP contribution in [-0.2, 0) is 6.54 Å². The molecule has 1 N–H and O–H groups in total. The zero-order chi connectivity index (χ0) is 18.6. The molecule has 3 aromatic heterocycles. The van der Waals surface area contributed by atoms with Crippen molar-refractivity contribution in [2.24, 2.45) is 0 Å². The maximum absolute atomic E-state index is 12.5. The Morgan fingerprint density at radius 2 is 2.04 bits per heavy atom. The fourth-order valence-electron chi connectivity index (χ4n) is 3.65. The van der Waals surface area contributed by atoms with Gasteiger partial charge in [0.15, 0.2) is 0 Å². The van der Waals surface area contributed by atoms with Gasteiger partial charge < -0.3 is 5.32 Å². The molecule has 0 unspecified atom stereocenters. The maximum Gasteiger partial charge on any atom is 0.269 e. The SMILES string of the molecule is CCn1nccc1C(=O)NC1CCC(n2cc(-c3ccncn3)cn2)CC1. The Morgan fingerprint density at radius 3 is 2.78 bits per heavy atom. The van der Waals surface area contributed by atoms with Crippen molar-refractivity contribution in [1.82, 2.24) is 34.8 Å². The van der Waals surface area contributed by atoms with Gasteiger partial charge in [-0.3, -0.25) is 14.2 Å². The molecule has 0 aromatic carbocycles. The van der Waals surface area contributed by atoms with Crippen LogP contribution in [0.25, 0.3) is 11.3 Å². The van der Waals surface area contributed by atoms with Crippen LogP contribution in [0.15, 0.2) is 43.2 Å². The summed E-state index contributed by atoms with van der Waals surface area (Å²) in [5.74, 6) is -0.0389. The molecule has 8 nitrogen and oxygen atoms in total. The number of nitrogens with zero attached hydrogens (tertiary/aromatic N) is 6. The van der Waals surface area contributed by atoms with Crippen molar-refractivity contribution in [1.29, 1.82) is 0 Å². The number of nitrogens with one attached hydrogen (secondary N) is 1. The molecule has 0 radical (unpaired) electrons. The normalized spacial score (nSPS) is 19.7. The van der Waals surface area contributed by atoms with Gasteiger partial charge in [0.05, 0.1) is 17.9 Å². The molecule has 0 spiro atoms. The van der Waals surface area contributed by atoms with Crippen molar-refractivity contribution in [2.45, 2.75) is 51.2 Å². The third-order valence-corrected chi connectivity index (χ3v) is 5.13. The summed E-state index contributed by atoms with van der Waals surface area (Å²) in [6, 6.07) is 4.21. The van der Waals surface area contributed by atoms with Gasteiger partial charge in [-0.25, -0.2) is 9.97 Å². The number of hydrogen-bond donors (Lipinski definition) is 1. The first-order valence-corrected chi connectivity index (χ1v) is 9.38. The maximum atomic E-state index is 12.5. The van der Waals surface area contributed by atoms with Gasteiger partial charge in [-0.1, -0.05) is 0 Å². The van der Waals surface area contributed by atoms with Gasteiger partial charge in [-0.05, 0) is 44.7 Å². The molecule has 3 heterocycles. The summed E-state index contributed by atoms with van der Waals surface area (Å²) in [5, 5.41) is 11.8. The average Bonchev–Trinajstić information content (AvgIpc) is 3.39. The predicted octanol–water partition coefficient (Wildman–Crippen LogP) is 2.47. The molecular weight excluding hydrogens is 342 g/mol. The number of carbonyl (C=O) groups is 1. The summed E-state index contributed by atoms with van der Waals surface area (Å²) >= 11 is 0. The highest BCUT2D eigenvalue weighted by molar-refractivity contribution is 5.92. The minimum atomic E-state index is -0.0389. The van der Waals surface area contributed by atoms with Crippen LogP contribution in [0.5, 0.6) is 0 Å². The van der Waals surface area contributed by atoms with Gasteiger partial charge in [0.2, 0.25) is 0 Å². The van der Waals surface area contributed by atoms with Gasteiger partial charge >= 0.3 is 0 Å². The third kappa shape index (κ3) is 3.74. The summed E-state index contributed by atoms with van der Waals surface area (Å²) in [7, 11) is 0. The van der Waals surface area contributed by atoms with E-state index in [1.165, 1.54) is 0 Å². The monoisotopic (exact) mass is 365 g/mol. The second-order valence-corrected chi connectivity index (χ2v) is 6.81. The van der Waals surface area contributed by atoms with Crippen LogP contribution in [0, 0.1) is 0 Å². The van der Waals surface area contributed by atoms with Crippen molar-refractivity contribution in [3.63, 3.8) is 0 Å². The minimum absolute atomic E-state index is 0.0389. The number of hydrogen-bond acceptors (Lipinski definition) is 5. The summed E-state index contributed by atoms with van der Waals surface area (Å²) in [6.45, 7) is 2.67. The summed E-state index contributed by atoms with van der Waals surface area (Å²) in [4.78, 5) is 20.7. The van der Waals surface area contributed by atoms with Crippen LogP contribution in [-0.4, -0.2) is 41.5 Å². The number of carbonyl (C=O) groups excluding carboxylic acids is 1. The molecule has 1 saturated carbocycles. The van der Waals surface area contributed by atoms with Gasteiger partial charge in [-0.15, -0.1) is 0 Å². The van der Waals surface area contributed by atoms with Crippen LogP contribution in [0.2, 0.25) is 0 Å². The predicted molar refractivity (Wildman–Crippen MR) is 99.9 cm³/mol. The summed E-state index contributed by atoms with van der Waals surface area (Å²) in [5.41, 5.74) is 2.51. The van der Waals surface area contributed by atoms with E-state index in [1.807, 2.05) is 30.1 Å². The zero-order valence-corrected chi connectivity index (χ0v) is 15.3. The quantitative estimate of drug-likeness (QED) is 0.750. The van der Waals surface area contributed by atoms with E-state index in [1.54, 1.807) is 29.5 Å². The van der Waals surface area contributed by atoms with Gasteiger partial charge in [0.25, 0.3) is 5.91 Å². The lowest BCUT2D eigenvalue weighted by atomic mass is 9.91. The highest BCUT2D eigenvalue weighted by Crippen LogP contribution is 2.29.